The highest BCUT2D eigenvalue weighted by Crippen LogP contribution is 2.23. The number of aryl methyl sites for hydroxylation is 2. The Labute approximate surface area is 86.7 Å². The molecule has 1 unspecified atom stereocenters. The van der Waals surface area contributed by atoms with Crippen molar-refractivity contribution >= 4 is 6.21 Å². The molecule has 76 valence electrons. The van der Waals surface area contributed by atoms with E-state index < -0.39 is 0 Å². The van der Waals surface area contributed by atoms with Crippen LogP contribution in [0.25, 0.3) is 0 Å². The lowest BCUT2D eigenvalue weighted by Gasteiger charge is -2.14. The van der Waals surface area contributed by atoms with Gasteiger partial charge in [-0.05, 0) is 31.4 Å². The third-order valence-electron chi connectivity index (χ3n) is 2.64. The van der Waals surface area contributed by atoms with Crippen molar-refractivity contribution in [1.29, 1.82) is 5.41 Å². The molecule has 0 fully saturated rings. The first-order valence-corrected chi connectivity index (χ1v) is 5.26. The summed E-state index contributed by atoms with van der Waals surface area (Å²) < 4.78 is 0. The maximum atomic E-state index is 7.44. The van der Waals surface area contributed by atoms with Crippen molar-refractivity contribution < 1.29 is 0 Å². The normalized spacial score (nSPS) is 12.5. The third-order valence-corrected chi connectivity index (χ3v) is 2.64. The van der Waals surface area contributed by atoms with E-state index in [-0.39, 0.29) is 0 Å². The summed E-state index contributed by atoms with van der Waals surface area (Å²) >= 11 is 0. The Morgan fingerprint density at radius 2 is 2.07 bits per heavy atom. The van der Waals surface area contributed by atoms with E-state index in [1.165, 1.54) is 16.7 Å². The van der Waals surface area contributed by atoms with Crippen LogP contribution in [0.3, 0.4) is 0 Å². The first-order chi connectivity index (χ1) is 6.69. The summed E-state index contributed by atoms with van der Waals surface area (Å²) in [6.45, 7) is 6.40. The average molecular weight is 189 g/mol. The first-order valence-electron chi connectivity index (χ1n) is 5.26. The van der Waals surface area contributed by atoms with Crippen LogP contribution in [0.5, 0.6) is 0 Å². The van der Waals surface area contributed by atoms with Crippen molar-refractivity contribution in [3.63, 3.8) is 0 Å². The van der Waals surface area contributed by atoms with Gasteiger partial charge in [0.1, 0.15) is 0 Å². The van der Waals surface area contributed by atoms with Gasteiger partial charge in [-0.25, -0.2) is 0 Å². The molecular weight excluding hydrogens is 170 g/mol. The Bertz CT molecular complexity index is 315. The summed E-state index contributed by atoms with van der Waals surface area (Å²) in [5, 5.41) is 7.44. The Kier molecular flexibility index (Phi) is 3.87. The van der Waals surface area contributed by atoms with Crippen molar-refractivity contribution in [3.8, 4) is 0 Å². The Hall–Kier alpha value is -1.11. The molecule has 0 heterocycles. The number of rotatable bonds is 4. The standard InChI is InChI=1S/C13H19N/c1-4-5-12(9-14)13-8-10(2)6-7-11(13)3/h6-9,12,14H,4-5H2,1-3H3. The zero-order valence-corrected chi connectivity index (χ0v) is 9.30. The lowest BCUT2D eigenvalue weighted by molar-refractivity contribution is 0.748. The van der Waals surface area contributed by atoms with Gasteiger partial charge in [0.05, 0.1) is 0 Å². The van der Waals surface area contributed by atoms with E-state index in [0.717, 1.165) is 12.8 Å². The Balaban J connectivity index is 3.01. The fourth-order valence-corrected chi connectivity index (χ4v) is 1.80. The second-order valence-corrected chi connectivity index (χ2v) is 3.92. The molecule has 1 aromatic rings. The van der Waals surface area contributed by atoms with Gasteiger partial charge in [-0.2, -0.15) is 0 Å². The van der Waals surface area contributed by atoms with E-state index in [0.29, 0.717) is 5.92 Å². The largest absolute Gasteiger partial charge is 0.312 e. The topological polar surface area (TPSA) is 23.9 Å². The molecule has 0 saturated carbocycles. The molecule has 0 radical (unpaired) electrons. The summed E-state index contributed by atoms with van der Waals surface area (Å²) in [5.41, 5.74) is 3.91. The second kappa shape index (κ2) is 4.94. The van der Waals surface area contributed by atoms with Crippen LogP contribution >= 0.6 is 0 Å². The summed E-state index contributed by atoms with van der Waals surface area (Å²) in [6, 6.07) is 6.49. The van der Waals surface area contributed by atoms with Crippen LogP contribution in [0.15, 0.2) is 18.2 Å². The minimum Gasteiger partial charge on any atom is -0.312 e. The van der Waals surface area contributed by atoms with Crippen molar-refractivity contribution in [3.05, 3.63) is 34.9 Å². The molecule has 0 aliphatic rings. The van der Waals surface area contributed by atoms with Crippen molar-refractivity contribution in [2.45, 2.75) is 39.5 Å². The number of nitrogens with one attached hydrogen (secondary N) is 1. The van der Waals surface area contributed by atoms with Gasteiger partial charge in [0.15, 0.2) is 0 Å². The molecule has 0 spiro atoms. The van der Waals surface area contributed by atoms with Gasteiger partial charge < -0.3 is 5.41 Å². The van der Waals surface area contributed by atoms with Gasteiger partial charge in [0.25, 0.3) is 0 Å². The highest BCUT2D eigenvalue weighted by molar-refractivity contribution is 5.65. The van der Waals surface area contributed by atoms with Gasteiger partial charge in [-0.3, -0.25) is 0 Å². The summed E-state index contributed by atoms with van der Waals surface area (Å²) in [7, 11) is 0. The number of hydrogen-bond donors (Lipinski definition) is 1. The molecule has 14 heavy (non-hydrogen) atoms. The van der Waals surface area contributed by atoms with Gasteiger partial charge in [0.2, 0.25) is 0 Å². The van der Waals surface area contributed by atoms with Crippen LogP contribution in [-0.4, -0.2) is 6.21 Å². The molecule has 1 N–H and O–H groups in total. The SMILES string of the molecule is CCCC(C=N)c1cc(C)ccc1C. The minimum absolute atomic E-state index is 0.305. The zero-order chi connectivity index (χ0) is 10.6. The fraction of sp³-hybridized carbons (Fsp3) is 0.462. The second-order valence-electron chi connectivity index (χ2n) is 3.92. The molecule has 1 aromatic carbocycles. The highest BCUT2D eigenvalue weighted by atomic mass is 14.4. The predicted molar refractivity (Wildman–Crippen MR) is 62.3 cm³/mol. The zero-order valence-electron chi connectivity index (χ0n) is 9.30. The van der Waals surface area contributed by atoms with Crippen molar-refractivity contribution in [2.75, 3.05) is 0 Å². The molecule has 0 saturated heterocycles. The highest BCUT2D eigenvalue weighted by Gasteiger charge is 2.09. The fourth-order valence-electron chi connectivity index (χ4n) is 1.80. The van der Waals surface area contributed by atoms with Gasteiger partial charge in [-0.15, -0.1) is 0 Å². The van der Waals surface area contributed by atoms with Gasteiger partial charge >= 0.3 is 0 Å². The van der Waals surface area contributed by atoms with E-state index in [1.54, 1.807) is 6.21 Å². The third kappa shape index (κ3) is 2.44. The average Bonchev–Trinajstić information content (AvgIpc) is 2.18. The molecule has 0 aromatic heterocycles. The molecule has 1 atom stereocenters. The molecule has 1 heteroatoms. The molecule has 1 rings (SSSR count). The monoisotopic (exact) mass is 189 g/mol. The van der Waals surface area contributed by atoms with Crippen LogP contribution in [0, 0.1) is 19.3 Å². The number of hydrogen-bond acceptors (Lipinski definition) is 1. The van der Waals surface area contributed by atoms with Crippen molar-refractivity contribution in [2.24, 2.45) is 0 Å². The van der Waals surface area contributed by atoms with E-state index >= 15 is 0 Å². The summed E-state index contributed by atoms with van der Waals surface area (Å²) in [5.74, 6) is 0.305. The number of benzene rings is 1. The van der Waals surface area contributed by atoms with Crippen molar-refractivity contribution in [1.82, 2.24) is 0 Å². The molecule has 0 amide bonds. The van der Waals surface area contributed by atoms with Gasteiger partial charge in [0, 0.05) is 12.1 Å². The Morgan fingerprint density at radius 3 is 2.64 bits per heavy atom. The van der Waals surface area contributed by atoms with Crippen LogP contribution in [0.4, 0.5) is 0 Å². The Morgan fingerprint density at radius 1 is 1.36 bits per heavy atom. The van der Waals surface area contributed by atoms with E-state index in [4.69, 9.17) is 5.41 Å². The van der Waals surface area contributed by atoms with Crippen LogP contribution < -0.4 is 0 Å². The lowest BCUT2D eigenvalue weighted by atomic mass is 9.91. The summed E-state index contributed by atoms with van der Waals surface area (Å²) in [6.07, 6.45) is 3.78. The van der Waals surface area contributed by atoms with Gasteiger partial charge in [-0.1, -0.05) is 37.1 Å². The minimum atomic E-state index is 0.305. The molecule has 0 aliphatic heterocycles. The smallest absolute Gasteiger partial charge is 0.0189 e. The summed E-state index contributed by atoms with van der Waals surface area (Å²) in [4.78, 5) is 0. The predicted octanol–water partition coefficient (Wildman–Crippen LogP) is 3.84. The molecular formula is C13H19N. The maximum Gasteiger partial charge on any atom is 0.0189 e. The van der Waals surface area contributed by atoms with E-state index in [2.05, 4.69) is 39.0 Å². The van der Waals surface area contributed by atoms with E-state index in [1.807, 2.05) is 0 Å². The van der Waals surface area contributed by atoms with Crippen LogP contribution in [0.2, 0.25) is 0 Å². The quantitative estimate of drug-likeness (QED) is 0.696. The molecule has 0 aliphatic carbocycles. The van der Waals surface area contributed by atoms with Crippen LogP contribution in [-0.2, 0) is 0 Å². The molecule has 1 nitrogen and oxygen atoms in total. The first kappa shape index (κ1) is 11.0. The maximum absolute atomic E-state index is 7.44. The van der Waals surface area contributed by atoms with Crippen LogP contribution in [0.1, 0.15) is 42.4 Å². The van der Waals surface area contributed by atoms with E-state index in [9.17, 15) is 0 Å². The lowest BCUT2D eigenvalue weighted by Crippen LogP contribution is -2.02. The molecule has 0 bridgehead atoms.